The van der Waals surface area contributed by atoms with Gasteiger partial charge in [-0.15, -0.1) is 5.10 Å². The van der Waals surface area contributed by atoms with Crippen molar-refractivity contribution in [2.45, 2.75) is 6.54 Å². The highest BCUT2D eigenvalue weighted by molar-refractivity contribution is 7.98. The maximum Gasteiger partial charge on any atom is 0.132 e. The number of aromatic nitrogens is 2. The van der Waals surface area contributed by atoms with Gasteiger partial charge in [-0.3, -0.25) is 4.90 Å². The molecule has 1 aromatic heterocycles. The van der Waals surface area contributed by atoms with E-state index in [1.54, 1.807) is 0 Å². The lowest BCUT2D eigenvalue weighted by molar-refractivity contribution is 0.344. The van der Waals surface area contributed by atoms with Gasteiger partial charge < -0.3 is 5.73 Å². The number of anilines is 1. The largest absolute Gasteiger partial charge is 0.388 e. The Bertz CT molecular complexity index is 250. The van der Waals surface area contributed by atoms with Gasteiger partial charge in [0, 0.05) is 30.4 Å². The Morgan fingerprint density at radius 1 is 1.62 bits per heavy atom. The molecule has 1 heterocycles. The van der Waals surface area contributed by atoms with Crippen LogP contribution in [0.15, 0.2) is 0 Å². The Hall–Kier alpha value is -0.330. The van der Waals surface area contributed by atoms with Crippen molar-refractivity contribution in [3.63, 3.8) is 0 Å². The summed E-state index contributed by atoms with van der Waals surface area (Å²) in [6, 6.07) is 0. The van der Waals surface area contributed by atoms with Crippen LogP contribution in [-0.2, 0) is 6.54 Å². The molecule has 1 aromatic rings. The smallest absolute Gasteiger partial charge is 0.132 e. The third kappa shape index (κ3) is 3.50. The average molecular weight is 218 g/mol. The molecule has 6 heteroatoms. The second-order valence-electron chi connectivity index (χ2n) is 2.81. The summed E-state index contributed by atoms with van der Waals surface area (Å²) in [6.45, 7) is 1.85. The minimum absolute atomic E-state index is 0.732. The molecule has 0 atom stereocenters. The van der Waals surface area contributed by atoms with Gasteiger partial charge in [0.15, 0.2) is 0 Å². The van der Waals surface area contributed by atoms with E-state index < -0.39 is 0 Å². The van der Waals surface area contributed by atoms with Crippen molar-refractivity contribution in [3.8, 4) is 0 Å². The molecule has 1 rings (SSSR count). The fraction of sp³-hybridized carbons (Fsp3) is 0.714. The highest BCUT2D eigenvalue weighted by Gasteiger charge is 2.06. The fourth-order valence-electron chi connectivity index (χ4n) is 0.907. The van der Waals surface area contributed by atoms with E-state index in [1.807, 2.05) is 11.8 Å². The molecule has 0 radical (unpaired) electrons. The van der Waals surface area contributed by atoms with Gasteiger partial charge in [0.2, 0.25) is 0 Å². The molecule has 0 unspecified atom stereocenters. The second kappa shape index (κ2) is 5.41. The molecular weight excluding hydrogens is 204 g/mol. The van der Waals surface area contributed by atoms with Crippen LogP contribution in [0, 0.1) is 0 Å². The molecule has 4 nitrogen and oxygen atoms in total. The van der Waals surface area contributed by atoms with Crippen LogP contribution in [0.3, 0.4) is 0 Å². The van der Waals surface area contributed by atoms with E-state index in [0.29, 0.717) is 0 Å². The summed E-state index contributed by atoms with van der Waals surface area (Å²) in [5, 5.41) is 4.69. The molecule has 13 heavy (non-hydrogen) atoms. The summed E-state index contributed by atoms with van der Waals surface area (Å²) in [5.74, 6) is 1.13. The normalized spacial score (nSPS) is 11.0. The van der Waals surface area contributed by atoms with Crippen LogP contribution < -0.4 is 5.73 Å². The van der Waals surface area contributed by atoms with Crippen LogP contribution in [0.25, 0.3) is 0 Å². The van der Waals surface area contributed by atoms with Crippen LogP contribution in [0.2, 0.25) is 0 Å². The second-order valence-corrected chi connectivity index (χ2v) is 4.59. The molecule has 0 aliphatic heterocycles. The molecule has 0 amide bonds. The summed E-state index contributed by atoms with van der Waals surface area (Å²) in [6.07, 6.45) is 2.10. The van der Waals surface area contributed by atoms with Crippen LogP contribution >= 0.6 is 23.3 Å². The van der Waals surface area contributed by atoms with Crippen LogP contribution in [0.4, 0.5) is 5.00 Å². The van der Waals surface area contributed by atoms with Gasteiger partial charge >= 0.3 is 0 Å². The highest BCUT2D eigenvalue weighted by Crippen LogP contribution is 2.13. The lowest BCUT2D eigenvalue weighted by atomic mass is 10.4. The number of hydrogen-bond donors (Lipinski definition) is 1. The Labute approximate surface area is 86.7 Å². The monoisotopic (exact) mass is 218 g/mol. The van der Waals surface area contributed by atoms with Crippen molar-refractivity contribution in [2.75, 3.05) is 31.3 Å². The lowest BCUT2D eigenvalue weighted by Crippen LogP contribution is -2.21. The minimum Gasteiger partial charge on any atom is -0.388 e. The van der Waals surface area contributed by atoms with Gasteiger partial charge in [-0.05, 0) is 13.3 Å². The number of nitrogens with zero attached hydrogens (tertiary/aromatic N) is 3. The third-order valence-corrected chi connectivity index (χ3v) is 2.87. The van der Waals surface area contributed by atoms with Gasteiger partial charge in [0.1, 0.15) is 10.7 Å². The zero-order valence-electron chi connectivity index (χ0n) is 7.86. The summed E-state index contributed by atoms with van der Waals surface area (Å²) in [5.41, 5.74) is 6.58. The maximum absolute atomic E-state index is 5.68. The molecule has 0 aliphatic carbocycles. The molecule has 0 bridgehead atoms. The number of hydrogen-bond acceptors (Lipinski definition) is 6. The van der Waals surface area contributed by atoms with Gasteiger partial charge in [-0.25, -0.2) is 0 Å². The molecule has 0 aliphatic rings. The number of rotatable bonds is 5. The molecule has 0 fully saturated rings. The quantitative estimate of drug-likeness (QED) is 0.796. The van der Waals surface area contributed by atoms with Crippen molar-refractivity contribution in [1.29, 1.82) is 0 Å². The number of nitrogen functional groups attached to an aromatic ring is 1. The fourth-order valence-corrected chi connectivity index (χ4v) is 1.84. The van der Waals surface area contributed by atoms with E-state index in [2.05, 4.69) is 27.8 Å². The molecule has 0 aromatic carbocycles. The van der Waals surface area contributed by atoms with Crippen molar-refractivity contribution < 1.29 is 0 Å². The SMILES string of the molecule is CSCCN(C)Cc1nnsc1N. The number of thioether (sulfide) groups is 1. The molecule has 0 saturated heterocycles. The van der Waals surface area contributed by atoms with Gasteiger partial charge in [-0.1, -0.05) is 4.49 Å². The third-order valence-electron chi connectivity index (χ3n) is 1.68. The van der Waals surface area contributed by atoms with Crippen molar-refractivity contribution in [1.82, 2.24) is 14.5 Å². The molecule has 74 valence electrons. The van der Waals surface area contributed by atoms with E-state index in [-0.39, 0.29) is 0 Å². The van der Waals surface area contributed by atoms with E-state index in [0.717, 1.165) is 29.5 Å². The van der Waals surface area contributed by atoms with Crippen molar-refractivity contribution in [2.24, 2.45) is 0 Å². The summed E-state index contributed by atoms with van der Waals surface area (Å²) >= 11 is 3.10. The molecule has 0 saturated carbocycles. The minimum atomic E-state index is 0.732. The van der Waals surface area contributed by atoms with Crippen LogP contribution in [0.5, 0.6) is 0 Å². The highest BCUT2D eigenvalue weighted by atomic mass is 32.2. The van der Waals surface area contributed by atoms with E-state index in [9.17, 15) is 0 Å². The first kappa shape index (κ1) is 10.7. The molecule has 2 N–H and O–H groups in total. The Kier molecular flexibility index (Phi) is 4.47. The van der Waals surface area contributed by atoms with Gasteiger partial charge in [0.05, 0.1) is 0 Å². The van der Waals surface area contributed by atoms with E-state index in [1.165, 1.54) is 11.5 Å². The van der Waals surface area contributed by atoms with Crippen LogP contribution in [0.1, 0.15) is 5.69 Å². The average Bonchev–Trinajstić information content (AvgIpc) is 2.48. The Balaban J connectivity index is 2.36. The predicted octanol–water partition coefficient (Wildman–Crippen LogP) is 0.915. The van der Waals surface area contributed by atoms with Gasteiger partial charge in [0.25, 0.3) is 0 Å². The topological polar surface area (TPSA) is 55.0 Å². The van der Waals surface area contributed by atoms with Gasteiger partial charge in [-0.2, -0.15) is 11.8 Å². The Morgan fingerprint density at radius 2 is 2.38 bits per heavy atom. The van der Waals surface area contributed by atoms with Crippen molar-refractivity contribution in [3.05, 3.63) is 5.69 Å². The summed E-state index contributed by atoms with van der Waals surface area (Å²) < 4.78 is 3.79. The van der Waals surface area contributed by atoms with E-state index >= 15 is 0 Å². The zero-order chi connectivity index (χ0) is 9.68. The molecular formula is C7H14N4S2. The zero-order valence-corrected chi connectivity index (χ0v) is 9.49. The summed E-state index contributed by atoms with van der Waals surface area (Å²) in [7, 11) is 2.06. The first-order chi connectivity index (χ1) is 6.24. The van der Waals surface area contributed by atoms with E-state index in [4.69, 9.17) is 5.73 Å². The number of nitrogens with two attached hydrogens (primary N) is 1. The standard InChI is InChI=1S/C7H14N4S2/c1-11(3-4-12-2)5-6-7(8)13-10-9-6/h3-5,8H2,1-2H3. The lowest BCUT2D eigenvalue weighted by Gasteiger charge is -2.13. The summed E-state index contributed by atoms with van der Waals surface area (Å²) in [4.78, 5) is 2.20. The first-order valence-electron chi connectivity index (χ1n) is 3.98. The predicted molar refractivity (Wildman–Crippen MR) is 59.0 cm³/mol. The van der Waals surface area contributed by atoms with Crippen molar-refractivity contribution >= 4 is 28.3 Å². The molecule has 0 spiro atoms. The Morgan fingerprint density at radius 3 is 2.92 bits per heavy atom. The maximum atomic E-state index is 5.68. The first-order valence-corrected chi connectivity index (χ1v) is 6.15. The van der Waals surface area contributed by atoms with Crippen LogP contribution in [-0.4, -0.2) is 40.1 Å².